The molecule has 0 bridgehead atoms. The fourth-order valence-electron chi connectivity index (χ4n) is 1.69. The van der Waals surface area contributed by atoms with Gasteiger partial charge in [-0.2, -0.15) is 10.2 Å². The van der Waals surface area contributed by atoms with Crippen molar-refractivity contribution in [1.29, 1.82) is 0 Å². The van der Waals surface area contributed by atoms with Crippen molar-refractivity contribution in [3.8, 4) is 0 Å². The van der Waals surface area contributed by atoms with Gasteiger partial charge in [0.2, 0.25) is 0 Å². The van der Waals surface area contributed by atoms with Crippen molar-refractivity contribution in [2.24, 2.45) is 12.1 Å². The number of nitrogens with zero attached hydrogens (tertiary/aromatic N) is 4. The van der Waals surface area contributed by atoms with E-state index in [9.17, 15) is 14.9 Å². The van der Waals surface area contributed by atoms with Crippen LogP contribution in [0.25, 0.3) is 0 Å². The Hall–Kier alpha value is -2.55. The number of non-ortho nitro benzene ring substituents is 1. The number of benzene rings is 1. The number of aryl methyl sites for hydroxylation is 1. The number of nitro groups is 1. The van der Waals surface area contributed by atoms with Crippen LogP contribution < -0.4 is 5.43 Å². The van der Waals surface area contributed by atoms with E-state index >= 15 is 0 Å². The van der Waals surface area contributed by atoms with E-state index in [-0.39, 0.29) is 11.4 Å². The summed E-state index contributed by atoms with van der Waals surface area (Å²) >= 11 is 3.23. The van der Waals surface area contributed by atoms with Crippen LogP contribution in [-0.4, -0.2) is 26.3 Å². The Morgan fingerprint density at radius 3 is 2.55 bits per heavy atom. The first kappa shape index (κ1) is 15.8. The third-order valence-electron chi connectivity index (χ3n) is 2.82. The standard InChI is InChI=1S/C13H12BrN5O3/c1-8(9-3-5-10(6-4-9)19(21)22)15-16-13(20)12-11(14)7-18(2)17-12/h3-7H,1-2H3,(H,16,20)/b15-8+. The maximum Gasteiger partial charge on any atom is 0.293 e. The van der Waals surface area contributed by atoms with Crippen molar-refractivity contribution < 1.29 is 9.72 Å². The number of hydrazone groups is 1. The second kappa shape index (κ2) is 6.48. The molecule has 0 spiro atoms. The average Bonchev–Trinajstić information content (AvgIpc) is 2.83. The minimum Gasteiger partial charge on any atom is -0.274 e. The van der Waals surface area contributed by atoms with Gasteiger partial charge >= 0.3 is 0 Å². The molecule has 0 aliphatic carbocycles. The molecule has 0 aliphatic rings. The molecule has 1 aromatic heterocycles. The predicted molar refractivity (Wildman–Crippen MR) is 83.7 cm³/mol. The molecule has 1 N–H and O–H groups in total. The number of aromatic nitrogens is 2. The van der Waals surface area contributed by atoms with Gasteiger partial charge in [-0.1, -0.05) is 0 Å². The van der Waals surface area contributed by atoms with Gasteiger partial charge in [0.05, 0.1) is 15.1 Å². The van der Waals surface area contributed by atoms with Crippen LogP contribution in [0.15, 0.2) is 40.0 Å². The lowest BCUT2D eigenvalue weighted by Gasteiger charge is -2.02. The summed E-state index contributed by atoms with van der Waals surface area (Å²) in [5, 5.41) is 18.6. The first-order chi connectivity index (χ1) is 10.4. The first-order valence-electron chi connectivity index (χ1n) is 6.17. The van der Waals surface area contributed by atoms with Gasteiger partial charge in [0.15, 0.2) is 5.69 Å². The summed E-state index contributed by atoms with van der Waals surface area (Å²) in [7, 11) is 1.70. The summed E-state index contributed by atoms with van der Waals surface area (Å²) in [5.74, 6) is -0.450. The van der Waals surface area contributed by atoms with Gasteiger partial charge in [0, 0.05) is 25.4 Å². The molecular weight excluding hydrogens is 354 g/mol. The number of halogens is 1. The van der Waals surface area contributed by atoms with E-state index in [1.54, 1.807) is 32.3 Å². The third kappa shape index (κ3) is 3.55. The van der Waals surface area contributed by atoms with Crippen LogP contribution in [0.5, 0.6) is 0 Å². The number of hydrogen-bond acceptors (Lipinski definition) is 5. The summed E-state index contributed by atoms with van der Waals surface area (Å²) in [5.41, 5.74) is 3.82. The molecule has 0 aliphatic heterocycles. The zero-order chi connectivity index (χ0) is 16.3. The van der Waals surface area contributed by atoms with Crippen molar-refractivity contribution in [3.05, 3.63) is 56.3 Å². The lowest BCUT2D eigenvalue weighted by Crippen LogP contribution is -2.20. The Balaban J connectivity index is 2.10. The Kier molecular flexibility index (Phi) is 4.66. The molecule has 0 radical (unpaired) electrons. The lowest BCUT2D eigenvalue weighted by atomic mass is 10.1. The molecule has 0 saturated carbocycles. The van der Waals surface area contributed by atoms with E-state index < -0.39 is 10.8 Å². The number of nitrogens with one attached hydrogen (secondary N) is 1. The van der Waals surface area contributed by atoms with E-state index in [1.807, 2.05) is 0 Å². The highest BCUT2D eigenvalue weighted by molar-refractivity contribution is 9.10. The Morgan fingerprint density at radius 2 is 2.05 bits per heavy atom. The third-order valence-corrected chi connectivity index (χ3v) is 3.40. The largest absolute Gasteiger partial charge is 0.293 e. The van der Waals surface area contributed by atoms with Crippen molar-refractivity contribution in [2.45, 2.75) is 6.92 Å². The van der Waals surface area contributed by atoms with Crippen LogP contribution in [0.4, 0.5) is 5.69 Å². The quantitative estimate of drug-likeness (QED) is 0.509. The van der Waals surface area contributed by atoms with Crippen LogP contribution in [0.3, 0.4) is 0 Å². The Bertz CT molecular complexity index is 752. The van der Waals surface area contributed by atoms with Crippen molar-refractivity contribution >= 4 is 33.2 Å². The maximum atomic E-state index is 11.9. The van der Waals surface area contributed by atoms with Gasteiger partial charge in [-0.25, -0.2) is 5.43 Å². The van der Waals surface area contributed by atoms with E-state index in [1.165, 1.54) is 16.8 Å². The molecule has 0 fully saturated rings. The molecule has 8 nitrogen and oxygen atoms in total. The van der Waals surface area contributed by atoms with Gasteiger partial charge in [0.25, 0.3) is 11.6 Å². The molecule has 0 atom stereocenters. The van der Waals surface area contributed by atoms with Gasteiger partial charge in [-0.05, 0) is 40.5 Å². The number of rotatable bonds is 4. The lowest BCUT2D eigenvalue weighted by molar-refractivity contribution is -0.384. The fraction of sp³-hybridized carbons (Fsp3) is 0.154. The van der Waals surface area contributed by atoms with Crippen LogP contribution in [-0.2, 0) is 7.05 Å². The predicted octanol–water partition coefficient (Wildman–Crippen LogP) is 2.24. The van der Waals surface area contributed by atoms with E-state index in [0.29, 0.717) is 15.7 Å². The molecule has 0 saturated heterocycles. The zero-order valence-electron chi connectivity index (χ0n) is 11.8. The SMILES string of the molecule is C/C(=N\NC(=O)c1nn(C)cc1Br)c1ccc([N+](=O)[O-])cc1. The first-order valence-corrected chi connectivity index (χ1v) is 6.96. The average molecular weight is 366 g/mol. The molecule has 2 rings (SSSR count). The summed E-state index contributed by atoms with van der Waals surface area (Å²) in [4.78, 5) is 22.1. The second-order valence-corrected chi connectivity index (χ2v) is 5.30. The molecule has 22 heavy (non-hydrogen) atoms. The van der Waals surface area contributed by atoms with E-state index in [4.69, 9.17) is 0 Å². The van der Waals surface area contributed by atoms with Crippen molar-refractivity contribution in [3.63, 3.8) is 0 Å². The molecule has 9 heteroatoms. The molecule has 1 heterocycles. The molecule has 1 amide bonds. The Labute approximate surface area is 134 Å². The highest BCUT2D eigenvalue weighted by Gasteiger charge is 2.14. The normalized spacial score (nSPS) is 11.3. The summed E-state index contributed by atoms with van der Waals surface area (Å²) in [6, 6.07) is 5.90. The van der Waals surface area contributed by atoms with Crippen LogP contribution in [0.1, 0.15) is 23.0 Å². The van der Waals surface area contributed by atoms with Crippen molar-refractivity contribution in [1.82, 2.24) is 15.2 Å². The smallest absolute Gasteiger partial charge is 0.274 e. The number of carbonyl (C=O) groups is 1. The number of carbonyl (C=O) groups excluding carboxylic acids is 1. The molecule has 114 valence electrons. The van der Waals surface area contributed by atoms with E-state index in [0.717, 1.165) is 0 Å². The topological polar surface area (TPSA) is 102 Å². The zero-order valence-corrected chi connectivity index (χ0v) is 13.4. The molecular formula is C13H12BrN5O3. The number of hydrogen-bond donors (Lipinski definition) is 1. The van der Waals surface area contributed by atoms with Gasteiger partial charge < -0.3 is 0 Å². The van der Waals surface area contributed by atoms with E-state index in [2.05, 4.69) is 31.6 Å². The van der Waals surface area contributed by atoms with Crippen molar-refractivity contribution in [2.75, 3.05) is 0 Å². The second-order valence-electron chi connectivity index (χ2n) is 4.44. The summed E-state index contributed by atoms with van der Waals surface area (Å²) < 4.78 is 2.07. The molecule has 0 unspecified atom stereocenters. The molecule has 1 aromatic carbocycles. The summed E-state index contributed by atoms with van der Waals surface area (Å²) in [6.07, 6.45) is 1.65. The summed E-state index contributed by atoms with van der Waals surface area (Å²) in [6.45, 7) is 1.69. The Morgan fingerprint density at radius 1 is 1.41 bits per heavy atom. The van der Waals surface area contributed by atoms with Gasteiger partial charge in [0.1, 0.15) is 0 Å². The van der Waals surface area contributed by atoms with Crippen LogP contribution in [0.2, 0.25) is 0 Å². The highest BCUT2D eigenvalue weighted by Crippen LogP contribution is 2.14. The van der Waals surface area contributed by atoms with Crippen LogP contribution in [0, 0.1) is 10.1 Å². The van der Waals surface area contributed by atoms with Crippen LogP contribution >= 0.6 is 15.9 Å². The fourth-order valence-corrected chi connectivity index (χ4v) is 2.25. The minimum absolute atomic E-state index is 0.00185. The van der Waals surface area contributed by atoms with Gasteiger partial charge in [-0.3, -0.25) is 19.6 Å². The molecule has 2 aromatic rings. The minimum atomic E-state index is -0.476. The van der Waals surface area contributed by atoms with Gasteiger partial charge in [-0.15, -0.1) is 0 Å². The number of amides is 1. The maximum absolute atomic E-state index is 11.9. The monoisotopic (exact) mass is 365 g/mol. The highest BCUT2D eigenvalue weighted by atomic mass is 79.9. The number of nitro benzene ring substituents is 1.